The third kappa shape index (κ3) is 3.90. The molecule has 0 aromatic heterocycles. The number of benzene rings is 2. The van der Waals surface area contributed by atoms with Crippen LogP contribution < -0.4 is 4.90 Å². The highest BCUT2D eigenvalue weighted by Gasteiger charge is 2.44. The van der Waals surface area contributed by atoms with Crippen LogP contribution in [0.1, 0.15) is 48.4 Å². The third-order valence-electron chi connectivity index (χ3n) is 5.96. The highest BCUT2D eigenvalue weighted by atomic mass is 19.1. The van der Waals surface area contributed by atoms with Gasteiger partial charge in [0.25, 0.3) is 0 Å². The molecular formula is C25H24FN3O3. The minimum Gasteiger partial charge on any atom is -0.396 e. The van der Waals surface area contributed by atoms with E-state index >= 15 is 0 Å². The van der Waals surface area contributed by atoms with E-state index in [0.29, 0.717) is 53.8 Å². The normalized spacial score (nSPS) is 18.6. The molecule has 2 aliphatic rings. The topological polar surface area (TPSA) is 84.6 Å². The molecule has 1 aliphatic heterocycles. The summed E-state index contributed by atoms with van der Waals surface area (Å²) in [6, 6.07) is 14.8. The van der Waals surface area contributed by atoms with E-state index in [-0.39, 0.29) is 25.0 Å². The maximum Gasteiger partial charge on any atom is 0.329 e. The van der Waals surface area contributed by atoms with Crippen molar-refractivity contribution in [2.75, 3.05) is 18.1 Å². The van der Waals surface area contributed by atoms with Gasteiger partial charge in [-0.2, -0.15) is 5.26 Å². The van der Waals surface area contributed by atoms with Crippen LogP contribution in [0.4, 0.5) is 14.9 Å². The molecule has 1 N–H and O–H groups in total. The van der Waals surface area contributed by atoms with Gasteiger partial charge in [0.05, 0.1) is 23.4 Å². The summed E-state index contributed by atoms with van der Waals surface area (Å²) >= 11 is 0. The number of amides is 2. The number of alkyl halides is 1. The number of carbonyl (C=O) groups is 2. The Morgan fingerprint density at radius 3 is 2.59 bits per heavy atom. The van der Waals surface area contributed by atoms with Gasteiger partial charge >= 0.3 is 6.03 Å². The highest BCUT2D eigenvalue weighted by molar-refractivity contribution is 6.06. The molecule has 2 amide bonds. The zero-order chi connectivity index (χ0) is 22.7. The number of allylic oxidation sites excluding steroid dienone is 1. The number of hydrogen-bond acceptors (Lipinski definition) is 4. The second-order valence-electron chi connectivity index (χ2n) is 7.97. The van der Waals surface area contributed by atoms with Gasteiger partial charge in [-0.05, 0) is 54.7 Å². The van der Waals surface area contributed by atoms with Crippen LogP contribution in [0.2, 0.25) is 0 Å². The fraction of sp³-hybridized carbons (Fsp3) is 0.320. The Morgan fingerprint density at radius 2 is 1.91 bits per heavy atom. The minimum atomic E-state index is -0.650. The Labute approximate surface area is 186 Å². The Morgan fingerprint density at radius 1 is 1.12 bits per heavy atom. The highest BCUT2D eigenvalue weighted by Crippen LogP contribution is 2.44. The summed E-state index contributed by atoms with van der Waals surface area (Å²) < 4.78 is 13.3. The van der Waals surface area contributed by atoms with E-state index < -0.39 is 12.7 Å². The van der Waals surface area contributed by atoms with E-state index in [2.05, 4.69) is 6.07 Å². The van der Waals surface area contributed by atoms with Gasteiger partial charge in [-0.15, -0.1) is 0 Å². The summed E-state index contributed by atoms with van der Waals surface area (Å²) in [6.45, 7) is -0.493. The van der Waals surface area contributed by atoms with Crippen LogP contribution in [0.15, 0.2) is 59.8 Å². The number of anilines is 1. The van der Waals surface area contributed by atoms with Crippen LogP contribution in [0, 0.1) is 11.3 Å². The van der Waals surface area contributed by atoms with E-state index in [9.17, 15) is 19.1 Å². The summed E-state index contributed by atoms with van der Waals surface area (Å²) in [4.78, 5) is 30.1. The lowest BCUT2D eigenvalue weighted by molar-refractivity contribution is -0.116. The molecule has 7 heteroatoms. The molecule has 1 unspecified atom stereocenters. The van der Waals surface area contributed by atoms with Gasteiger partial charge in [-0.25, -0.2) is 9.18 Å². The van der Waals surface area contributed by atoms with Gasteiger partial charge in [-0.3, -0.25) is 9.69 Å². The van der Waals surface area contributed by atoms with Gasteiger partial charge in [0.2, 0.25) is 0 Å². The number of nitrogens with zero attached hydrogens (tertiary/aromatic N) is 3. The van der Waals surface area contributed by atoms with Crippen LogP contribution >= 0.6 is 0 Å². The van der Waals surface area contributed by atoms with Gasteiger partial charge in [0, 0.05) is 30.8 Å². The predicted octanol–water partition coefficient (Wildman–Crippen LogP) is 4.40. The fourth-order valence-corrected chi connectivity index (χ4v) is 4.50. The van der Waals surface area contributed by atoms with Crippen LogP contribution in [-0.4, -0.2) is 35.0 Å². The Kier molecular flexibility index (Phi) is 6.33. The zero-order valence-corrected chi connectivity index (χ0v) is 17.6. The minimum absolute atomic E-state index is 0.0197. The molecule has 32 heavy (non-hydrogen) atoms. The standard InChI is InChI=1S/C25H24FN3O3/c26-15-18-4-1-5-20(14-18)29-21-6-2-7-22(31)23(21)24(28(25(29)32)12-3-13-30)19-10-8-17(16-27)9-11-19/h1,4-5,8-11,14,24,30H,2-3,6-7,12-13,15H2. The summed E-state index contributed by atoms with van der Waals surface area (Å²) in [5, 5.41) is 18.6. The number of hydrogen-bond donors (Lipinski definition) is 1. The number of halogens is 1. The number of Topliss-reactive ketones (excluding diaryl/α,β-unsaturated/α-hetero) is 1. The smallest absolute Gasteiger partial charge is 0.329 e. The van der Waals surface area contributed by atoms with Crippen molar-refractivity contribution in [3.05, 3.63) is 76.5 Å². The molecule has 0 spiro atoms. The molecular weight excluding hydrogens is 409 g/mol. The summed E-state index contributed by atoms with van der Waals surface area (Å²) in [7, 11) is 0. The average Bonchev–Trinajstić information content (AvgIpc) is 2.83. The van der Waals surface area contributed by atoms with Gasteiger partial charge in [-0.1, -0.05) is 24.3 Å². The number of rotatable bonds is 6. The number of aliphatic hydroxyl groups is 1. The second kappa shape index (κ2) is 9.33. The Hall–Kier alpha value is -3.50. The summed E-state index contributed by atoms with van der Waals surface area (Å²) in [5.41, 5.74) is 3.43. The first-order valence-electron chi connectivity index (χ1n) is 10.7. The number of urea groups is 1. The fourth-order valence-electron chi connectivity index (χ4n) is 4.50. The maximum atomic E-state index is 13.8. The number of ketones is 1. The first kappa shape index (κ1) is 21.7. The van der Waals surface area contributed by atoms with Crippen molar-refractivity contribution in [1.29, 1.82) is 5.26 Å². The SMILES string of the molecule is N#Cc1ccc(C2C3=C(CCCC3=O)N(c3cccc(CF)c3)C(=O)N2CCCO)cc1. The Bertz CT molecular complexity index is 1100. The first-order chi connectivity index (χ1) is 15.6. The molecule has 0 bridgehead atoms. The molecule has 0 fully saturated rings. The van der Waals surface area contributed by atoms with Gasteiger partial charge in [0.15, 0.2) is 5.78 Å². The van der Waals surface area contributed by atoms with E-state index in [4.69, 9.17) is 5.26 Å². The van der Waals surface area contributed by atoms with Crippen molar-refractivity contribution in [1.82, 2.24) is 4.90 Å². The quantitative estimate of drug-likeness (QED) is 0.732. The molecule has 2 aromatic carbocycles. The van der Waals surface area contributed by atoms with Crippen molar-refractivity contribution in [3.8, 4) is 6.07 Å². The van der Waals surface area contributed by atoms with E-state index in [1.165, 1.54) is 4.90 Å². The van der Waals surface area contributed by atoms with Crippen LogP contribution in [-0.2, 0) is 11.5 Å². The van der Waals surface area contributed by atoms with Crippen LogP contribution in [0.5, 0.6) is 0 Å². The molecule has 0 saturated carbocycles. The van der Waals surface area contributed by atoms with Gasteiger partial charge in [0.1, 0.15) is 6.67 Å². The molecule has 4 rings (SSSR count). The lowest BCUT2D eigenvalue weighted by Gasteiger charge is -2.45. The van der Waals surface area contributed by atoms with Crippen LogP contribution in [0.25, 0.3) is 0 Å². The predicted molar refractivity (Wildman–Crippen MR) is 117 cm³/mol. The first-order valence-corrected chi connectivity index (χ1v) is 10.7. The molecule has 6 nitrogen and oxygen atoms in total. The molecule has 1 atom stereocenters. The Balaban J connectivity index is 1.90. The number of nitriles is 1. The van der Waals surface area contributed by atoms with Crippen molar-refractivity contribution < 1.29 is 19.1 Å². The van der Waals surface area contributed by atoms with Gasteiger partial charge < -0.3 is 10.0 Å². The summed E-state index contributed by atoms with van der Waals surface area (Å²) in [5.74, 6) is -0.0197. The van der Waals surface area contributed by atoms with E-state index in [0.717, 1.165) is 5.56 Å². The van der Waals surface area contributed by atoms with E-state index in [1.54, 1.807) is 53.4 Å². The lowest BCUT2D eigenvalue weighted by atomic mass is 9.83. The van der Waals surface area contributed by atoms with Crippen molar-refractivity contribution in [2.45, 2.75) is 38.4 Å². The summed E-state index contributed by atoms with van der Waals surface area (Å²) in [6.07, 6.45) is 1.95. The maximum absolute atomic E-state index is 13.8. The van der Waals surface area contributed by atoms with Crippen molar-refractivity contribution >= 4 is 17.5 Å². The van der Waals surface area contributed by atoms with E-state index in [1.807, 2.05) is 0 Å². The van der Waals surface area contributed by atoms with Crippen molar-refractivity contribution in [2.24, 2.45) is 0 Å². The average molecular weight is 433 g/mol. The molecule has 1 heterocycles. The molecule has 2 aromatic rings. The van der Waals surface area contributed by atoms with Crippen molar-refractivity contribution in [3.63, 3.8) is 0 Å². The number of aliphatic hydroxyl groups excluding tert-OH is 1. The molecule has 164 valence electrons. The number of carbonyl (C=O) groups excluding carboxylic acids is 2. The molecule has 1 aliphatic carbocycles. The molecule has 0 saturated heterocycles. The largest absolute Gasteiger partial charge is 0.396 e. The second-order valence-corrected chi connectivity index (χ2v) is 7.97. The zero-order valence-electron chi connectivity index (χ0n) is 17.6. The molecule has 0 radical (unpaired) electrons. The third-order valence-corrected chi connectivity index (χ3v) is 5.96. The van der Waals surface area contributed by atoms with Crippen LogP contribution in [0.3, 0.4) is 0 Å². The monoisotopic (exact) mass is 433 g/mol. The lowest BCUT2D eigenvalue weighted by Crippen LogP contribution is -2.52.